The Labute approximate surface area is 165 Å². The highest BCUT2D eigenvalue weighted by atomic mass is 16.4. The summed E-state index contributed by atoms with van der Waals surface area (Å²) in [6, 6.07) is 5.86. The van der Waals surface area contributed by atoms with E-state index >= 15 is 0 Å². The lowest BCUT2D eigenvalue weighted by atomic mass is 9.54. The molecule has 4 bridgehead atoms. The van der Waals surface area contributed by atoms with Crippen LogP contribution in [0.3, 0.4) is 0 Å². The van der Waals surface area contributed by atoms with Crippen LogP contribution in [0.15, 0.2) is 18.2 Å². The quantitative estimate of drug-likeness (QED) is 0.836. The van der Waals surface area contributed by atoms with Gasteiger partial charge in [-0.25, -0.2) is 9.78 Å². The Morgan fingerprint density at radius 2 is 1.61 bits per heavy atom. The van der Waals surface area contributed by atoms with Crippen LogP contribution >= 0.6 is 0 Å². The SMILES string of the molecule is O=C(NC1C2CC3CC(C2)CC1C3)c1cccc(N2CCN(C(=O)O)CC2)n1. The molecule has 6 rings (SSSR count). The lowest BCUT2D eigenvalue weighted by Gasteiger charge is -2.54. The molecule has 2 N–H and O–H groups in total. The van der Waals surface area contributed by atoms with E-state index in [0.717, 1.165) is 17.7 Å². The number of pyridine rings is 1. The average Bonchev–Trinajstić information content (AvgIpc) is 2.70. The number of piperazine rings is 1. The highest BCUT2D eigenvalue weighted by Gasteiger charge is 2.48. The summed E-state index contributed by atoms with van der Waals surface area (Å²) < 4.78 is 0. The van der Waals surface area contributed by atoms with Crippen molar-refractivity contribution in [3.05, 3.63) is 23.9 Å². The molecule has 4 saturated carbocycles. The van der Waals surface area contributed by atoms with Gasteiger partial charge in [0.05, 0.1) is 0 Å². The number of carbonyl (C=O) groups excluding carboxylic acids is 1. The fraction of sp³-hybridized carbons (Fsp3) is 0.667. The van der Waals surface area contributed by atoms with Crippen molar-refractivity contribution in [2.45, 2.75) is 38.1 Å². The monoisotopic (exact) mass is 384 g/mol. The predicted octanol–water partition coefficient (Wildman–Crippen LogP) is 2.44. The van der Waals surface area contributed by atoms with Crippen molar-refractivity contribution < 1.29 is 14.7 Å². The molecule has 7 heteroatoms. The number of amides is 2. The highest BCUT2D eigenvalue weighted by molar-refractivity contribution is 5.93. The summed E-state index contributed by atoms with van der Waals surface area (Å²) in [5, 5.41) is 12.4. The molecule has 5 aliphatic rings. The van der Waals surface area contributed by atoms with Gasteiger partial charge in [-0.05, 0) is 67.9 Å². The molecule has 5 fully saturated rings. The Kier molecular flexibility index (Phi) is 4.40. The van der Waals surface area contributed by atoms with Gasteiger partial charge in [0.25, 0.3) is 5.91 Å². The zero-order valence-corrected chi connectivity index (χ0v) is 16.1. The normalized spacial score (nSPS) is 33.8. The molecule has 1 aromatic rings. The maximum absolute atomic E-state index is 12.9. The molecule has 1 aliphatic heterocycles. The van der Waals surface area contributed by atoms with E-state index in [1.54, 1.807) is 6.07 Å². The zero-order chi connectivity index (χ0) is 19.3. The molecule has 0 unspecified atom stereocenters. The zero-order valence-electron chi connectivity index (χ0n) is 16.1. The van der Waals surface area contributed by atoms with Crippen LogP contribution in [0.5, 0.6) is 0 Å². The number of rotatable bonds is 3. The molecule has 0 atom stereocenters. The number of carbonyl (C=O) groups is 2. The summed E-state index contributed by atoms with van der Waals surface area (Å²) in [7, 11) is 0. The number of hydrogen-bond acceptors (Lipinski definition) is 4. The molecule has 0 aromatic carbocycles. The number of hydrogen-bond donors (Lipinski definition) is 2. The number of nitrogens with zero attached hydrogens (tertiary/aromatic N) is 3. The highest BCUT2D eigenvalue weighted by Crippen LogP contribution is 2.53. The summed E-state index contributed by atoms with van der Waals surface area (Å²) in [6.07, 6.45) is 5.64. The van der Waals surface area contributed by atoms with E-state index in [1.165, 1.54) is 37.0 Å². The van der Waals surface area contributed by atoms with Gasteiger partial charge in [-0.1, -0.05) is 6.07 Å². The minimum atomic E-state index is -0.878. The van der Waals surface area contributed by atoms with E-state index in [9.17, 15) is 9.59 Å². The smallest absolute Gasteiger partial charge is 0.407 e. The van der Waals surface area contributed by atoms with Gasteiger partial charge < -0.3 is 20.2 Å². The van der Waals surface area contributed by atoms with Gasteiger partial charge >= 0.3 is 6.09 Å². The Hall–Kier alpha value is -2.31. The molecule has 1 aromatic heterocycles. The molecule has 0 radical (unpaired) electrons. The third-order valence-electron chi connectivity index (χ3n) is 7.37. The maximum Gasteiger partial charge on any atom is 0.407 e. The molecular weight excluding hydrogens is 356 g/mol. The van der Waals surface area contributed by atoms with Crippen molar-refractivity contribution in [3.63, 3.8) is 0 Å². The summed E-state index contributed by atoms with van der Waals surface area (Å²) in [6.45, 7) is 2.11. The van der Waals surface area contributed by atoms with E-state index in [-0.39, 0.29) is 5.91 Å². The van der Waals surface area contributed by atoms with Crippen molar-refractivity contribution in [2.24, 2.45) is 23.7 Å². The first-order chi connectivity index (χ1) is 13.6. The summed E-state index contributed by atoms with van der Waals surface area (Å²) in [5.74, 6) is 3.76. The number of anilines is 1. The fourth-order valence-corrected chi connectivity index (χ4v) is 6.24. The third-order valence-corrected chi connectivity index (χ3v) is 7.37. The first kappa shape index (κ1) is 17.8. The van der Waals surface area contributed by atoms with E-state index in [2.05, 4.69) is 15.2 Å². The number of nitrogens with one attached hydrogen (secondary N) is 1. The predicted molar refractivity (Wildman–Crippen MR) is 104 cm³/mol. The minimum Gasteiger partial charge on any atom is -0.465 e. The second-order valence-corrected chi connectivity index (χ2v) is 9.07. The molecular formula is C21H28N4O3. The van der Waals surface area contributed by atoms with Gasteiger partial charge in [-0.15, -0.1) is 0 Å². The minimum absolute atomic E-state index is 0.0662. The Bertz CT molecular complexity index is 747. The first-order valence-electron chi connectivity index (χ1n) is 10.6. The second-order valence-electron chi connectivity index (χ2n) is 9.07. The van der Waals surface area contributed by atoms with Crippen molar-refractivity contribution >= 4 is 17.8 Å². The Morgan fingerprint density at radius 1 is 0.964 bits per heavy atom. The van der Waals surface area contributed by atoms with Gasteiger partial charge in [0.15, 0.2) is 0 Å². The second kappa shape index (κ2) is 6.94. The lowest BCUT2D eigenvalue weighted by molar-refractivity contribution is -0.0120. The molecule has 2 amide bonds. The number of carboxylic acid groups (broad SMARTS) is 1. The van der Waals surface area contributed by atoms with Gasteiger partial charge in [-0.3, -0.25) is 4.79 Å². The fourth-order valence-electron chi connectivity index (χ4n) is 6.24. The van der Waals surface area contributed by atoms with Crippen LogP contribution < -0.4 is 10.2 Å². The largest absolute Gasteiger partial charge is 0.465 e. The van der Waals surface area contributed by atoms with Gasteiger partial charge in [0, 0.05) is 32.2 Å². The topological polar surface area (TPSA) is 85.8 Å². The average molecular weight is 384 g/mol. The molecule has 2 heterocycles. The summed E-state index contributed by atoms with van der Waals surface area (Å²) >= 11 is 0. The third kappa shape index (κ3) is 3.20. The molecule has 1 saturated heterocycles. The summed E-state index contributed by atoms with van der Waals surface area (Å²) in [5.41, 5.74) is 0.465. The van der Waals surface area contributed by atoms with E-state index in [4.69, 9.17) is 5.11 Å². The van der Waals surface area contributed by atoms with Crippen LogP contribution in [-0.2, 0) is 0 Å². The van der Waals surface area contributed by atoms with Crippen molar-refractivity contribution in [2.75, 3.05) is 31.1 Å². The number of aromatic nitrogens is 1. The molecule has 4 aliphatic carbocycles. The van der Waals surface area contributed by atoms with E-state index in [1.807, 2.05) is 12.1 Å². The molecule has 0 spiro atoms. The molecule has 7 nitrogen and oxygen atoms in total. The van der Waals surface area contributed by atoms with Crippen molar-refractivity contribution in [1.82, 2.24) is 15.2 Å². The van der Waals surface area contributed by atoms with Crippen molar-refractivity contribution in [3.8, 4) is 0 Å². The molecule has 150 valence electrons. The van der Waals surface area contributed by atoms with Crippen LogP contribution in [0.4, 0.5) is 10.6 Å². The van der Waals surface area contributed by atoms with Crippen molar-refractivity contribution in [1.29, 1.82) is 0 Å². The first-order valence-corrected chi connectivity index (χ1v) is 10.6. The van der Waals surface area contributed by atoms with E-state index < -0.39 is 6.09 Å². The lowest BCUT2D eigenvalue weighted by Crippen LogP contribution is -2.55. The van der Waals surface area contributed by atoms with Crippen LogP contribution in [0.25, 0.3) is 0 Å². The maximum atomic E-state index is 12.9. The van der Waals surface area contributed by atoms with Crippen LogP contribution in [0, 0.1) is 23.7 Å². The summed E-state index contributed by atoms with van der Waals surface area (Å²) in [4.78, 5) is 32.1. The Balaban J connectivity index is 1.25. The van der Waals surface area contributed by atoms with Gasteiger partial charge in [0.2, 0.25) is 0 Å². The van der Waals surface area contributed by atoms with Gasteiger partial charge in [0.1, 0.15) is 11.5 Å². The Morgan fingerprint density at radius 3 is 2.21 bits per heavy atom. The molecule has 28 heavy (non-hydrogen) atoms. The van der Waals surface area contributed by atoms with E-state index in [0.29, 0.717) is 49.8 Å². The van der Waals surface area contributed by atoms with Crippen LogP contribution in [0.1, 0.15) is 42.6 Å². The standard InChI is InChI=1S/C21H28N4O3/c26-20(23-19-15-9-13-8-14(11-15)12-16(19)10-13)17-2-1-3-18(22-17)24-4-6-25(7-5-24)21(27)28/h1-3,13-16,19H,4-12H2,(H,23,26)(H,27,28). The van der Waals surface area contributed by atoms with Gasteiger partial charge in [-0.2, -0.15) is 0 Å². The van der Waals surface area contributed by atoms with Crippen LogP contribution in [-0.4, -0.2) is 59.2 Å². The van der Waals surface area contributed by atoms with Crippen LogP contribution in [0.2, 0.25) is 0 Å².